The molecule has 0 aliphatic heterocycles. The van der Waals surface area contributed by atoms with Gasteiger partial charge in [0.05, 0.1) is 11.1 Å². The van der Waals surface area contributed by atoms with Crippen LogP contribution in [-0.2, 0) is 0 Å². The molecule has 1 aromatic carbocycles. The summed E-state index contributed by atoms with van der Waals surface area (Å²) in [4.78, 5) is 25.3. The highest BCUT2D eigenvalue weighted by Crippen LogP contribution is 2.29. The van der Waals surface area contributed by atoms with E-state index in [1.165, 1.54) is 6.07 Å². The molecule has 1 N–H and O–H groups in total. The molecule has 0 bridgehead atoms. The van der Waals surface area contributed by atoms with Crippen molar-refractivity contribution in [2.45, 2.75) is 32.2 Å². The summed E-state index contributed by atoms with van der Waals surface area (Å²) in [6.07, 6.45) is 2.94. The number of carboxylic acids is 1. The van der Waals surface area contributed by atoms with Crippen molar-refractivity contribution >= 4 is 11.9 Å². The maximum Gasteiger partial charge on any atom is 0.336 e. The van der Waals surface area contributed by atoms with Crippen LogP contribution in [0.15, 0.2) is 24.3 Å². The van der Waals surface area contributed by atoms with Crippen LogP contribution in [0.1, 0.15) is 46.9 Å². The number of carbonyl (C=O) groups is 2. The van der Waals surface area contributed by atoms with Gasteiger partial charge in [0, 0.05) is 12.6 Å². The fourth-order valence-electron chi connectivity index (χ4n) is 2.09. The van der Waals surface area contributed by atoms with Crippen molar-refractivity contribution < 1.29 is 14.7 Å². The van der Waals surface area contributed by atoms with E-state index in [0.29, 0.717) is 18.2 Å². The van der Waals surface area contributed by atoms with Crippen molar-refractivity contribution in [1.82, 2.24) is 4.90 Å². The van der Waals surface area contributed by atoms with Crippen LogP contribution in [0.25, 0.3) is 0 Å². The van der Waals surface area contributed by atoms with E-state index in [1.54, 1.807) is 18.2 Å². The molecule has 4 heteroatoms. The minimum Gasteiger partial charge on any atom is -0.478 e. The van der Waals surface area contributed by atoms with Gasteiger partial charge in [-0.3, -0.25) is 4.79 Å². The molecule has 1 fully saturated rings. The number of carboxylic acid groups (broad SMARTS) is 1. The number of hydrogen-bond donors (Lipinski definition) is 1. The maximum absolute atomic E-state index is 12.4. The zero-order valence-electron chi connectivity index (χ0n) is 10.4. The molecular weight excluding hydrogens is 230 g/mol. The second-order valence-electron chi connectivity index (χ2n) is 4.58. The van der Waals surface area contributed by atoms with Crippen LogP contribution in [0, 0.1) is 0 Å². The summed E-state index contributed by atoms with van der Waals surface area (Å²) in [5.74, 6) is -1.21. The Bertz CT molecular complexity index is 466. The molecule has 1 aliphatic rings. The van der Waals surface area contributed by atoms with Crippen LogP contribution in [0.2, 0.25) is 0 Å². The predicted octanol–water partition coefficient (Wildman–Crippen LogP) is 2.40. The molecule has 0 heterocycles. The Morgan fingerprint density at radius 1 is 1.28 bits per heavy atom. The number of rotatable bonds is 5. The van der Waals surface area contributed by atoms with Gasteiger partial charge in [-0.15, -0.1) is 0 Å². The fraction of sp³-hybridized carbons (Fsp3) is 0.429. The Morgan fingerprint density at radius 3 is 2.39 bits per heavy atom. The second kappa shape index (κ2) is 5.21. The van der Waals surface area contributed by atoms with E-state index in [0.717, 1.165) is 19.3 Å². The van der Waals surface area contributed by atoms with Crippen molar-refractivity contribution in [3.8, 4) is 0 Å². The number of hydrogen-bond acceptors (Lipinski definition) is 2. The highest BCUT2D eigenvalue weighted by molar-refractivity contribution is 6.04. The molecule has 18 heavy (non-hydrogen) atoms. The number of nitrogens with zero attached hydrogens (tertiary/aromatic N) is 1. The van der Waals surface area contributed by atoms with Crippen molar-refractivity contribution in [1.29, 1.82) is 0 Å². The summed E-state index contributed by atoms with van der Waals surface area (Å²) >= 11 is 0. The van der Waals surface area contributed by atoms with Crippen LogP contribution < -0.4 is 0 Å². The van der Waals surface area contributed by atoms with Gasteiger partial charge in [-0.05, 0) is 31.4 Å². The van der Waals surface area contributed by atoms with Gasteiger partial charge in [0.15, 0.2) is 0 Å². The quantitative estimate of drug-likeness (QED) is 0.869. The van der Waals surface area contributed by atoms with Gasteiger partial charge in [-0.1, -0.05) is 19.1 Å². The molecular formula is C14H17NO3. The second-order valence-corrected chi connectivity index (χ2v) is 4.58. The SMILES string of the molecule is CCCN(C(=O)c1ccccc1C(=O)O)C1CC1. The number of aromatic carboxylic acids is 1. The lowest BCUT2D eigenvalue weighted by atomic mass is 10.1. The predicted molar refractivity (Wildman–Crippen MR) is 67.8 cm³/mol. The Labute approximate surface area is 106 Å². The van der Waals surface area contributed by atoms with Gasteiger partial charge in [-0.2, -0.15) is 0 Å². The zero-order chi connectivity index (χ0) is 13.1. The molecule has 4 nitrogen and oxygen atoms in total. The van der Waals surface area contributed by atoms with Gasteiger partial charge in [0.2, 0.25) is 0 Å². The highest BCUT2D eigenvalue weighted by atomic mass is 16.4. The first-order valence-corrected chi connectivity index (χ1v) is 6.28. The molecule has 1 aliphatic carbocycles. The van der Waals surface area contributed by atoms with Crippen molar-refractivity contribution in [3.63, 3.8) is 0 Å². The monoisotopic (exact) mass is 247 g/mol. The lowest BCUT2D eigenvalue weighted by Crippen LogP contribution is -2.34. The largest absolute Gasteiger partial charge is 0.478 e. The summed E-state index contributed by atoms with van der Waals surface area (Å²) < 4.78 is 0. The van der Waals surface area contributed by atoms with E-state index >= 15 is 0 Å². The zero-order valence-corrected chi connectivity index (χ0v) is 10.4. The average molecular weight is 247 g/mol. The Morgan fingerprint density at radius 2 is 1.89 bits per heavy atom. The van der Waals surface area contributed by atoms with Crippen LogP contribution in [0.5, 0.6) is 0 Å². The van der Waals surface area contributed by atoms with Gasteiger partial charge in [-0.25, -0.2) is 4.79 Å². The van der Waals surface area contributed by atoms with Crippen molar-refractivity contribution in [3.05, 3.63) is 35.4 Å². The average Bonchev–Trinajstić information content (AvgIpc) is 3.19. The minimum atomic E-state index is -1.05. The minimum absolute atomic E-state index is 0.0873. The molecule has 0 saturated heterocycles. The van der Waals surface area contributed by atoms with Crippen LogP contribution in [-0.4, -0.2) is 34.5 Å². The lowest BCUT2D eigenvalue weighted by Gasteiger charge is -2.22. The first kappa shape index (κ1) is 12.6. The van der Waals surface area contributed by atoms with E-state index in [4.69, 9.17) is 5.11 Å². The number of benzene rings is 1. The maximum atomic E-state index is 12.4. The van der Waals surface area contributed by atoms with Crippen LogP contribution in [0.3, 0.4) is 0 Å². The molecule has 2 rings (SSSR count). The Balaban J connectivity index is 2.29. The molecule has 0 aromatic heterocycles. The molecule has 1 amide bonds. The van der Waals surface area contributed by atoms with Gasteiger partial charge >= 0.3 is 5.97 Å². The third-order valence-corrected chi connectivity index (χ3v) is 3.10. The van der Waals surface area contributed by atoms with Gasteiger partial charge in [0.25, 0.3) is 5.91 Å². The number of carbonyl (C=O) groups excluding carboxylic acids is 1. The molecule has 1 aromatic rings. The van der Waals surface area contributed by atoms with E-state index in [2.05, 4.69) is 0 Å². The first-order valence-electron chi connectivity index (χ1n) is 6.28. The van der Waals surface area contributed by atoms with Crippen molar-refractivity contribution in [2.24, 2.45) is 0 Å². The summed E-state index contributed by atoms with van der Waals surface area (Å²) in [5, 5.41) is 9.11. The third-order valence-electron chi connectivity index (χ3n) is 3.10. The molecule has 96 valence electrons. The topological polar surface area (TPSA) is 57.6 Å². The van der Waals surface area contributed by atoms with Crippen molar-refractivity contribution in [2.75, 3.05) is 6.54 Å². The van der Waals surface area contributed by atoms with Gasteiger partial charge < -0.3 is 10.0 Å². The summed E-state index contributed by atoms with van der Waals surface area (Å²) in [6, 6.07) is 6.72. The molecule has 0 radical (unpaired) electrons. The van der Waals surface area contributed by atoms with Crippen LogP contribution >= 0.6 is 0 Å². The highest BCUT2D eigenvalue weighted by Gasteiger charge is 2.33. The van der Waals surface area contributed by atoms with E-state index in [9.17, 15) is 9.59 Å². The Hall–Kier alpha value is -1.84. The molecule has 1 saturated carbocycles. The summed E-state index contributed by atoms with van der Waals surface area (Å²) in [6.45, 7) is 2.71. The molecule has 0 spiro atoms. The standard InChI is InChI=1S/C14H17NO3/c1-2-9-15(10-7-8-10)13(16)11-5-3-4-6-12(11)14(17)18/h3-6,10H,2,7-9H2,1H3,(H,17,18). The van der Waals surface area contributed by atoms with E-state index < -0.39 is 5.97 Å². The van der Waals surface area contributed by atoms with E-state index in [-0.39, 0.29) is 11.5 Å². The fourth-order valence-corrected chi connectivity index (χ4v) is 2.09. The first-order chi connectivity index (χ1) is 8.65. The summed E-state index contributed by atoms with van der Waals surface area (Å²) in [5.41, 5.74) is 0.384. The van der Waals surface area contributed by atoms with Crippen LogP contribution in [0.4, 0.5) is 0 Å². The number of amides is 1. The lowest BCUT2D eigenvalue weighted by molar-refractivity contribution is 0.0671. The smallest absolute Gasteiger partial charge is 0.336 e. The van der Waals surface area contributed by atoms with Gasteiger partial charge in [0.1, 0.15) is 0 Å². The molecule has 0 unspecified atom stereocenters. The normalized spacial score (nSPS) is 14.3. The molecule has 0 atom stereocenters. The summed E-state index contributed by atoms with van der Waals surface area (Å²) in [7, 11) is 0. The Kier molecular flexibility index (Phi) is 3.65. The van der Waals surface area contributed by atoms with E-state index in [1.807, 2.05) is 11.8 Å². The third kappa shape index (κ3) is 2.53.